The van der Waals surface area contributed by atoms with Crippen molar-refractivity contribution in [1.82, 2.24) is 29.2 Å². The van der Waals surface area contributed by atoms with Gasteiger partial charge in [-0.3, -0.25) is 10.1 Å². The van der Waals surface area contributed by atoms with Crippen molar-refractivity contribution in [2.24, 2.45) is 0 Å². The summed E-state index contributed by atoms with van der Waals surface area (Å²) < 4.78 is 34.0. The molecule has 0 aliphatic carbocycles. The molecular weight excluding hydrogens is 332 g/mol. The summed E-state index contributed by atoms with van der Waals surface area (Å²) in [5.74, 6) is 0.956. The Morgan fingerprint density at radius 3 is 2.96 bits per heavy atom. The maximum atomic E-state index is 12.5. The van der Waals surface area contributed by atoms with Crippen molar-refractivity contribution in [2.75, 3.05) is 20.3 Å². The summed E-state index contributed by atoms with van der Waals surface area (Å²) in [6.07, 6.45) is 4.95. The van der Waals surface area contributed by atoms with E-state index in [1.807, 2.05) is 0 Å². The third-order valence-electron chi connectivity index (χ3n) is 3.88. The van der Waals surface area contributed by atoms with E-state index >= 15 is 0 Å². The second kappa shape index (κ2) is 7.34. The fourth-order valence-corrected chi connectivity index (χ4v) is 4.14. The van der Waals surface area contributed by atoms with Crippen LogP contribution in [-0.2, 0) is 21.5 Å². The first-order chi connectivity index (χ1) is 11.6. The molecule has 0 spiro atoms. The summed E-state index contributed by atoms with van der Waals surface area (Å²) in [5, 5.41) is 6.85. The van der Waals surface area contributed by atoms with Gasteiger partial charge in [0, 0.05) is 37.7 Å². The highest BCUT2D eigenvalue weighted by Crippen LogP contribution is 2.20. The van der Waals surface area contributed by atoms with E-state index in [9.17, 15) is 8.42 Å². The van der Waals surface area contributed by atoms with Crippen molar-refractivity contribution < 1.29 is 13.2 Å². The van der Waals surface area contributed by atoms with Crippen LogP contribution in [0.5, 0.6) is 0 Å². The number of pyridine rings is 1. The minimum Gasteiger partial charge on any atom is -0.383 e. The number of hydrogen-bond acceptors (Lipinski definition) is 6. The highest BCUT2D eigenvalue weighted by atomic mass is 32.2. The van der Waals surface area contributed by atoms with Crippen molar-refractivity contribution >= 4 is 10.2 Å². The number of aromatic amines is 1. The molecule has 0 unspecified atom stereocenters. The standard InChI is InChI=1S/C14H20N6O3S/c1-23-10-12-3-2-8-20(12)24(21,22)16-9-13-17-14(19-18-13)11-4-6-15-7-5-11/h4-7,12,16H,2-3,8-10H2,1H3,(H,17,18,19)/t12-/m1/s1. The minimum atomic E-state index is -3.58. The van der Waals surface area contributed by atoms with Gasteiger partial charge in [0.05, 0.1) is 13.2 Å². The number of rotatable bonds is 7. The van der Waals surface area contributed by atoms with Crippen LogP contribution in [0.25, 0.3) is 11.4 Å². The number of nitrogens with zero attached hydrogens (tertiary/aromatic N) is 4. The molecule has 1 saturated heterocycles. The lowest BCUT2D eigenvalue weighted by Gasteiger charge is -2.23. The Bertz CT molecular complexity index is 764. The first-order valence-electron chi connectivity index (χ1n) is 7.67. The first kappa shape index (κ1) is 17.0. The Kier molecular flexibility index (Phi) is 5.19. The number of ether oxygens (including phenoxy) is 1. The monoisotopic (exact) mass is 352 g/mol. The molecule has 9 nitrogen and oxygen atoms in total. The Hall–Kier alpha value is -1.88. The summed E-state index contributed by atoms with van der Waals surface area (Å²) in [4.78, 5) is 8.24. The molecule has 2 N–H and O–H groups in total. The Labute approximate surface area is 140 Å². The average Bonchev–Trinajstić information content (AvgIpc) is 3.24. The second-order valence-electron chi connectivity index (χ2n) is 5.53. The van der Waals surface area contributed by atoms with E-state index in [2.05, 4.69) is 24.9 Å². The van der Waals surface area contributed by atoms with Gasteiger partial charge in [0.1, 0.15) is 5.82 Å². The van der Waals surface area contributed by atoms with Gasteiger partial charge >= 0.3 is 0 Å². The lowest BCUT2D eigenvalue weighted by Crippen LogP contribution is -2.44. The SMILES string of the molecule is COC[C@H]1CCCN1S(=O)(=O)NCc1nc(-c2ccncc2)n[nH]1. The van der Waals surface area contributed by atoms with Gasteiger partial charge in [-0.25, -0.2) is 4.98 Å². The maximum absolute atomic E-state index is 12.5. The third kappa shape index (κ3) is 3.78. The molecular formula is C14H20N6O3S. The van der Waals surface area contributed by atoms with Crippen molar-refractivity contribution in [3.8, 4) is 11.4 Å². The number of aromatic nitrogens is 4. The molecule has 3 heterocycles. The van der Waals surface area contributed by atoms with Crippen LogP contribution < -0.4 is 4.72 Å². The van der Waals surface area contributed by atoms with Crippen LogP contribution in [0.2, 0.25) is 0 Å². The molecule has 1 atom stereocenters. The Morgan fingerprint density at radius 2 is 2.21 bits per heavy atom. The lowest BCUT2D eigenvalue weighted by molar-refractivity contribution is 0.148. The van der Waals surface area contributed by atoms with Gasteiger partial charge in [0.15, 0.2) is 5.82 Å². The molecule has 0 saturated carbocycles. The van der Waals surface area contributed by atoms with E-state index in [1.54, 1.807) is 31.6 Å². The molecule has 0 radical (unpaired) electrons. The van der Waals surface area contributed by atoms with Crippen LogP contribution in [0.4, 0.5) is 0 Å². The van der Waals surface area contributed by atoms with Crippen molar-refractivity contribution in [3.63, 3.8) is 0 Å². The highest BCUT2D eigenvalue weighted by Gasteiger charge is 2.33. The molecule has 10 heteroatoms. The van der Waals surface area contributed by atoms with E-state index in [0.29, 0.717) is 24.8 Å². The predicted molar refractivity (Wildman–Crippen MR) is 87.0 cm³/mol. The molecule has 130 valence electrons. The van der Waals surface area contributed by atoms with Gasteiger partial charge in [0.25, 0.3) is 10.2 Å². The molecule has 0 aromatic carbocycles. The van der Waals surface area contributed by atoms with Crippen molar-refractivity contribution in [3.05, 3.63) is 30.4 Å². The molecule has 2 aromatic rings. The molecule has 1 aliphatic heterocycles. The van der Waals surface area contributed by atoms with Gasteiger partial charge in [-0.05, 0) is 25.0 Å². The van der Waals surface area contributed by atoms with E-state index in [1.165, 1.54) is 4.31 Å². The van der Waals surface area contributed by atoms with E-state index in [-0.39, 0.29) is 12.6 Å². The summed E-state index contributed by atoms with van der Waals surface area (Å²) in [5.41, 5.74) is 0.815. The quantitative estimate of drug-likeness (QED) is 0.741. The van der Waals surface area contributed by atoms with Crippen LogP contribution in [0.15, 0.2) is 24.5 Å². The summed E-state index contributed by atoms with van der Waals surface area (Å²) >= 11 is 0. The van der Waals surface area contributed by atoms with Gasteiger partial charge in [-0.15, -0.1) is 0 Å². The number of hydrogen-bond donors (Lipinski definition) is 2. The summed E-state index contributed by atoms with van der Waals surface area (Å²) in [7, 11) is -2.00. The van der Waals surface area contributed by atoms with Crippen molar-refractivity contribution in [1.29, 1.82) is 0 Å². The zero-order valence-corrected chi connectivity index (χ0v) is 14.2. The van der Waals surface area contributed by atoms with Crippen molar-refractivity contribution in [2.45, 2.75) is 25.4 Å². The summed E-state index contributed by atoms with van der Waals surface area (Å²) in [6.45, 7) is 0.952. The first-order valence-corrected chi connectivity index (χ1v) is 9.11. The van der Waals surface area contributed by atoms with E-state index in [4.69, 9.17) is 4.74 Å². The summed E-state index contributed by atoms with van der Waals surface area (Å²) in [6, 6.07) is 3.46. The zero-order valence-electron chi connectivity index (χ0n) is 13.3. The van der Waals surface area contributed by atoms with Crippen LogP contribution >= 0.6 is 0 Å². The Balaban J connectivity index is 1.64. The van der Waals surface area contributed by atoms with Gasteiger partial charge in [0.2, 0.25) is 0 Å². The molecule has 3 rings (SSSR count). The second-order valence-corrected chi connectivity index (χ2v) is 7.24. The Morgan fingerprint density at radius 1 is 1.42 bits per heavy atom. The number of methoxy groups -OCH3 is 1. The normalized spacial score (nSPS) is 19.0. The smallest absolute Gasteiger partial charge is 0.280 e. The fourth-order valence-electron chi connectivity index (χ4n) is 2.73. The van der Waals surface area contributed by atoms with Gasteiger partial charge in [-0.2, -0.15) is 22.5 Å². The van der Waals surface area contributed by atoms with Crippen LogP contribution in [0, 0.1) is 0 Å². The van der Waals surface area contributed by atoms with Crippen LogP contribution in [0.3, 0.4) is 0 Å². The van der Waals surface area contributed by atoms with Crippen LogP contribution in [0.1, 0.15) is 18.7 Å². The molecule has 1 fully saturated rings. The minimum absolute atomic E-state index is 0.0522. The number of H-pyrrole nitrogens is 1. The zero-order chi connectivity index (χ0) is 17.0. The predicted octanol–water partition coefficient (Wildman–Crippen LogP) is 0.312. The topological polar surface area (TPSA) is 113 Å². The van der Waals surface area contributed by atoms with Gasteiger partial charge < -0.3 is 4.74 Å². The largest absolute Gasteiger partial charge is 0.383 e. The molecule has 0 bridgehead atoms. The van der Waals surface area contributed by atoms with E-state index < -0.39 is 10.2 Å². The van der Waals surface area contributed by atoms with E-state index in [0.717, 1.165) is 18.4 Å². The molecule has 2 aromatic heterocycles. The fraction of sp³-hybridized carbons (Fsp3) is 0.500. The number of nitrogens with one attached hydrogen (secondary N) is 2. The van der Waals surface area contributed by atoms with Crippen LogP contribution in [-0.4, -0.2) is 59.2 Å². The molecule has 1 aliphatic rings. The highest BCUT2D eigenvalue weighted by molar-refractivity contribution is 7.87. The average molecular weight is 352 g/mol. The molecule has 0 amide bonds. The third-order valence-corrected chi connectivity index (χ3v) is 5.49. The maximum Gasteiger partial charge on any atom is 0.280 e. The molecule has 24 heavy (non-hydrogen) atoms. The lowest BCUT2D eigenvalue weighted by atomic mass is 10.2. The van der Waals surface area contributed by atoms with Gasteiger partial charge in [-0.1, -0.05) is 0 Å².